The van der Waals surface area contributed by atoms with Gasteiger partial charge in [-0.2, -0.15) is 0 Å². The summed E-state index contributed by atoms with van der Waals surface area (Å²) in [5.41, 5.74) is 0. The molecule has 1 rings (SSSR count). The summed E-state index contributed by atoms with van der Waals surface area (Å²) in [4.78, 5) is 1.84. The fourth-order valence-corrected chi connectivity index (χ4v) is 1.55. The number of hydrogen-bond donors (Lipinski definition) is 1. The van der Waals surface area contributed by atoms with E-state index >= 15 is 0 Å². The molecule has 0 amide bonds. The average Bonchev–Trinajstić information content (AvgIpc) is 2.26. The van der Waals surface area contributed by atoms with Crippen LogP contribution in [0.4, 0.5) is 0 Å². The molecule has 0 radical (unpaired) electrons. The summed E-state index contributed by atoms with van der Waals surface area (Å²) >= 11 is 0. The summed E-state index contributed by atoms with van der Waals surface area (Å²) in [6.45, 7) is 12.0. The van der Waals surface area contributed by atoms with E-state index in [0.29, 0.717) is 17.6 Å². The predicted molar refractivity (Wildman–Crippen MR) is 53.6 cm³/mol. The molecule has 1 heterocycles. The van der Waals surface area contributed by atoms with Crippen molar-refractivity contribution in [1.82, 2.24) is 4.90 Å². The molecule has 0 bridgehead atoms. The minimum Gasteiger partial charge on any atom is -0.468 e. The van der Waals surface area contributed by atoms with E-state index in [0.717, 1.165) is 0 Å². The Morgan fingerprint density at radius 1 is 1.38 bits per heavy atom. The highest BCUT2D eigenvalue weighted by molar-refractivity contribution is 5.87. The van der Waals surface area contributed by atoms with Crippen molar-refractivity contribution in [3.05, 3.63) is 12.5 Å². The smallest absolute Gasteiger partial charge is 0.188 e. The first-order chi connectivity index (χ1) is 5.95. The Kier molecular flexibility index (Phi) is 2.64. The van der Waals surface area contributed by atoms with Crippen LogP contribution in [0.25, 0.3) is 0 Å². The van der Waals surface area contributed by atoms with E-state index in [-0.39, 0.29) is 12.1 Å². The van der Waals surface area contributed by atoms with Gasteiger partial charge in [0.05, 0.1) is 0 Å². The van der Waals surface area contributed by atoms with Crippen molar-refractivity contribution in [3.8, 4) is 0 Å². The topological polar surface area (TPSA) is 36.3 Å². The van der Waals surface area contributed by atoms with E-state index in [9.17, 15) is 0 Å². The fraction of sp³-hybridized carbons (Fsp3) is 0.700. The summed E-state index contributed by atoms with van der Waals surface area (Å²) in [6.07, 6.45) is -0.116. The molecule has 1 atom stereocenters. The van der Waals surface area contributed by atoms with E-state index in [1.165, 1.54) is 0 Å². The van der Waals surface area contributed by atoms with Crippen molar-refractivity contribution in [2.45, 2.75) is 39.8 Å². The van der Waals surface area contributed by atoms with Gasteiger partial charge in [0.2, 0.25) is 0 Å². The zero-order chi connectivity index (χ0) is 10.2. The van der Waals surface area contributed by atoms with Crippen LogP contribution in [0.3, 0.4) is 0 Å². The van der Waals surface area contributed by atoms with Crippen LogP contribution in [0, 0.1) is 11.3 Å². The molecule has 3 heteroatoms. The lowest BCUT2D eigenvalue weighted by Gasteiger charge is -2.21. The van der Waals surface area contributed by atoms with Gasteiger partial charge in [-0.25, -0.2) is 0 Å². The van der Waals surface area contributed by atoms with E-state index in [1.54, 1.807) is 0 Å². The molecule has 0 aromatic heterocycles. The van der Waals surface area contributed by atoms with Crippen molar-refractivity contribution in [2.24, 2.45) is 5.92 Å². The number of ether oxygens (including phenoxy) is 1. The van der Waals surface area contributed by atoms with E-state index in [1.807, 2.05) is 18.7 Å². The summed E-state index contributed by atoms with van der Waals surface area (Å²) in [5, 5.41) is 7.89. The lowest BCUT2D eigenvalue weighted by Crippen LogP contribution is -2.35. The van der Waals surface area contributed by atoms with E-state index in [2.05, 4.69) is 20.4 Å². The average molecular weight is 182 g/mol. The van der Waals surface area contributed by atoms with Gasteiger partial charge in [-0.3, -0.25) is 10.3 Å². The third-order valence-corrected chi connectivity index (χ3v) is 2.18. The molecule has 0 spiro atoms. The zero-order valence-corrected chi connectivity index (χ0v) is 8.79. The monoisotopic (exact) mass is 182 g/mol. The van der Waals surface area contributed by atoms with Crippen LogP contribution in [0.1, 0.15) is 27.7 Å². The second-order valence-electron chi connectivity index (χ2n) is 4.03. The Morgan fingerprint density at radius 2 is 1.92 bits per heavy atom. The van der Waals surface area contributed by atoms with Crippen molar-refractivity contribution >= 4 is 5.84 Å². The van der Waals surface area contributed by atoms with E-state index in [4.69, 9.17) is 10.1 Å². The highest BCUT2D eigenvalue weighted by Crippen LogP contribution is 2.26. The minimum absolute atomic E-state index is 0.116. The molecule has 0 aromatic carbocycles. The highest BCUT2D eigenvalue weighted by atomic mass is 16.5. The highest BCUT2D eigenvalue weighted by Gasteiger charge is 2.36. The third kappa shape index (κ3) is 1.69. The van der Waals surface area contributed by atoms with Gasteiger partial charge in [0, 0.05) is 6.04 Å². The van der Waals surface area contributed by atoms with Crippen LogP contribution < -0.4 is 0 Å². The molecule has 74 valence electrons. The molecule has 1 saturated heterocycles. The van der Waals surface area contributed by atoms with Gasteiger partial charge in [0.1, 0.15) is 5.84 Å². The molecular formula is C10H18N2O. The Balaban J connectivity index is 2.82. The lowest BCUT2D eigenvalue weighted by atomic mass is 10.1. The van der Waals surface area contributed by atoms with Gasteiger partial charge < -0.3 is 4.74 Å². The second kappa shape index (κ2) is 3.40. The first kappa shape index (κ1) is 10.1. The summed E-state index contributed by atoms with van der Waals surface area (Å²) in [6, 6.07) is 0.253. The van der Waals surface area contributed by atoms with Crippen molar-refractivity contribution < 1.29 is 4.74 Å². The van der Waals surface area contributed by atoms with Crippen molar-refractivity contribution in [1.29, 1.82) is 5.41 Å². The first-order valence-electron chi connectivity index (χ1n) is 4.68. The maximum absolute atomic E-state index is 7.89. The fourth-order valence-electron chi connectivity index (χ4n) is 1.55. The van der Waals surface area contributed by atoms with Crippen LogP contribution in [0.15, 0.2) is 12.5 Å². The van der Waals surface area contributed by atoms with Crippen molar-refractivity contribution in [3.63, 3.8) is 0 Å². The summed E-state index contributed by atoms with van der Waals surface area (Å²) < 4.78 is 5.52. The summed E-state index contributed by atoms with van der Waals surface area (Å²) in [7, 11) is 0. The number of nitrogens with one attached hydrogen (secondary N) is 1. The minimum atomic E-state index is -0.116. The van der Waals surface area contributed by atoms with E-state index < -0.39 is 0 Å². The van der Waals surface area contributed by atoms with Crippen LogP contribution in [0.5, 0.6) is 0 Å². The Labute approximate surface area is 79.9 Å². The molecule has 13 heavy (non-hydrogen) atoms. The standard InChI is InChI=1S/C10H18N2O/c1-6(2)9-10(11)12(7(3)4)8(5)13-9/h6-7,9,11H,5H2,1-4H3. The molecule has 1 aliphatic heterocycles. The Bertz CT molecular complexity index is 233. The normalized spacial score (nSPS) is 23.2. The molecule has 1 aliphatic rings. The maximum atomic E-state index is 7.89. The van der Waals surface area contributed by atoms with Crippen LogP contribution in [-0.4, -0.2) is 22.9 Å². The molecular weight excluding hydrogens is 164 g/mol. The zero-order valence-electron chi connectivity index (χ0n) is 8.79. The second-order valence-corrected chi connectivity index (χ2v) is 4.03. The third-order valence-electron chi connectivity index (χ3n) is 2.18. The maximum Gasteiger partial charge on any atom is 0.188 e. The first-order valence-corrected chi connectivity index (χ1v) is 4.68. The van der Waals surface area contributed by atoms with Gasteiger partial charge in [-0.05, 0) is 26.3 Å². The quantitative estimate of drug-likeness (QED) is 0.710. The van der Waals surface area contributed by atoms with Crippen LogP contribution in [-0.2, 0) is 4.74 Å². The number of rotatable bonds is 2. The largest absolute Gasteiger partial charge is 0.468 e. The molecule has 1 N–H and O–H groups in total. The Hall–Kier alpha value is -0.990. The SMILES string of the molecule is C=C1OC(C(C)C)C(=N)N1C(C)C. The van der Waals surface area contributed by atoms with Gasteiger partial charge in [-0.15, -0.1) is 0 Å². The van der Waals surface area contributed by atoms with Gasteiger partial charge >= 0.3 is 0 Å². The van der Waals surface area contributed by atoms with Gasteiger partial charge in [0.25, 0.3) is 0 Å². The van der Waals surface area contributed by atoms with Gasteiger partial charge in [-0.1, -0.05) is 13.8 Å². The predicted octanol–water partition coefficient (Wildman–Crippen LogP) is 2.20. The van der Waals surface area contributed by atoms with Gasteiger partial charge in [0.15, 0.2) is 12.0 Å². The number of nitrogens with zero attached hydrogens (tertiary/aromatic N) is 1. The molecule has 0 saturated carbocycles. The summed E-state index contributed by atoms with van der Waals surface area (Å²) in [5.74, 6) is 1.47. The molecule has 1 unspecified atom stereocenters. The van der Waals surface area contributed by atoms with Crippen molar-refractivity contribution in [2.75, 3.05) is 0 Å². The number of hydrogen-bond acceptors (Lipinski definition) is 2. The van der Waals surface area contributed by atoms with Crippen LogP contribution in [0.2, 0.25) is 0 Å². The molecule has 0 aliphatic carbocycles. The molecule has 0 aromatic rings. The lowest BCUT2D eigenvalue weighted by molar-refractivity contribution is 0.131. The molecule has 3 nitrogen and oxygen atoms in total. The Morgan fingerprint density at radius 3 is 2.15 bits per heavy atom. The van der Waals surface area contributed by atoms with Crippen LogP contribution >= 0.6 is 0 Å². The molecule has 1 fully saturated rings. The number of amidine groups is 1.